The maximum absolute atomic E-state index is 10.5. The summed E-state index contributed by atoms with van der Waals surface area (Å²) in [5, 5.41) is 9.41. The first kappa shape index (κ1) is 7.74. The number of carboxylic acid groups (broad SMARTS) is 1. The quantitative estimate of drug-likeness (QED) is 0.632. The molecule has 1 rings (SSSR count). The molecule has 0 aromatic heterocycles. The minimum atomic E-state index is -0.951. The van der Waals surface area contributed by atoms with Crippen LogP contribution in [0.15, 0.2) is 0 Å². The maximum Gasteiger partial charge on any atom is 0.366 e. The standard InChI is InChI=1S/C4H5NO3S2/c6-3-5-2(1-9-3)10-4(7)8/h2H,1H2,(H,5,6)(H,7,8). The summed E-state index contributed by atoms with van der Waals surface area (Å²) < 4.78 is 0. The van der Waals surface area contributed by atoms with Gasteiger partial charge in [0.05, 0.1) is 5.37 Å². The summed E-state index contributed by atoms with van der Waals surface area (Å²) in [7, 11) is 0. The lowest BCUT2D eigenvalue weighted by Crippen LogP contribution is -2.23. The molecule has 10 heavy (non-hydrogen) atoms. The van der Waals surface area contributed by atoms with Crippen LogP contribution in [0.3, 0.4) is 0 Å². The molecule has 1 saturated heterocycles. The Morgan fingerprint density at radius 1 is 1.90 bits per heavy atom. The second-order valence-electron chi connectivity index (χ2n) is 1.62. The van der Waals surface area contributed by atoms with Gasteiger partial charge in [0, 0.05) is 5.75 Å². The van der Waals surface area contributed by atoms with Crippen LogP contribution in [0, 0.1) is 0 Å². The first-order valence-corrected chi connectivity index (χ1v) is 4.38. The normalized spacial score (nSPS) is 24.4. The molecule has 56 valence electrons. The SMILES string of the molecule is O=C(O)SC1CSC(=O)N1. The molecule has 1 heterocycles. The Balaban J connectivity index is 2.31. The highest BCUT2D eigenvalue weighted by Crippen LogP contribution is 2.21. The molecule has 2 N–H and O–H groups in total. The average molecular weight is 179 g/mol. The highest BCUT2D eigenvalue weighted by atomic mass is 32.2. The number of nitrogens with one attached hydrogen (secondary N) is 1. The smallest absolute Gasteiger partial charge is 0.366 e. The van der Waals surface area contributed by atoms with Crippen LogP contribution in [0.25, 0.3) is 0 Å². The van der Waals surface area contributed by atoms with Crippen LogP contribution in [0.2, 0.25) is 0 Å². The van der Waals surface area contributed by atoms with Gasteiger partial charge in [-0.25, -0.2) is 4.79 Å². The van der Waals surface area contributed by atoms with E-state index in [1.165, 1.54) is 0 Å². The van der Waals surface area contributed by atoms with E-state index in [0.717, 1.165) is 23.5 Å². The summed E-state index contributed by atoms with van der Waals surface area (Å²) in [6.45, 7) is 0. The summed E-state index contributed by atoms with van der Waals surface area (Å²) in [6.07, 6.45) is 0. The molecular formula is C4H5NO3S2. The highest BCUT2D eigenvalue weighted by molar-refractivity contribution is 8.18. The van der Waals surface area contributed by atoms with Crippen LogP contribution in [0.4, 0.5) is 9.59 Å². The van der Waals surface area contributed by atoms with Crippen molar-refractivity contribution in [2.75, 3.05) is 5.75 Å². The molecule has 0 aromatic carbocycles. The van der Waals surface area contributed by atoms with E-state index in [1.54, 1.807) is 0 Å². The van der Waals surface area contributed by atoms with Gasteiger partial charge in [0.25, 0.3) is 5.24 Å². The van der Waals surface area contributed by atoms with Crippen molar-refractivity contribution in [2.45, 2.75) is 5.37 Å². The van der Waals surface area contributed by atoms with E-state index in [0.29, 0.717) is 5.75 Å². The molecule has 0 aliphatic carbocycles. The predicted molar refractivity (Wildman–Crippen MR) is 40.4 cm³/mol. The zero-order valence-electron chi connectivity index (χ0n) is 4.86. The number of amides is 1. The van der Waals surface area contributed by atoms with E-state index in [9.17, 15) is 9.59 Å². The Kier molecular flexibility index (Phi) is 2.44. The van der Waals surface area contributed by atoms with Crippen molar-refractivity contribution < 1.29 is 14.7 Å². The van der Waals surface area contributed by atoms with Gasteiger partial charge < -0.3 is 10.4 Å². The molecule has 0 bridgehead atoms. The minimum Gasteiger partial charge on any atom is -0.473 e. The Labute approximate surface area is 65.7 Å². The van der Waals surface area contributed by atoms with Gasteiger partial charge in [-0.1, -0.05) is 11.8 Å². The van der Waals surface area contributed by atoms with Crippen molar-refractivity contribution in [2.24, 2.45) is 0 Å². The Bertz CT molecular complexity index is 172. The third-order valence-electron chi connectivity index (χ3n) is 0.888. The molecule has 0 aromatic rings. The summed E-state index contributed by atoms with van der Waals surface area (Å²) in [6, 6.07) is 0. The highest BCUT2D eigenvalue weighted by Gasteiger charge is 2.24. The first-order valence-electron chi connectivity index (χ1n) is 2.51. The van der Waals surface area contributed by atoms with Crippen molar-refractivity contribution in [3.8, 4) is 0 Å². The lowest BCUT2D eigenvalue weighted by Gasteiger charge is -2.01. The molecule has 1 atom stereocenters. The van der Waals surface area contributed by atoms with E-state index < -0.39 is 5.30 Å². The largest absolute Gasteiger partial charge is 0.473 e. The summed E-state index contributed by atoms with van der Waals surface area (Å²) in [5.41, 5.74) is 0. The Morgan fingerprint density at radius 2 is 2.60 bits per heavy atom. The van der Waals surface area contributed by atoms with Gasteiger partial charge in [0.1, 0.15) is 0 Å². The van der Waals surface area contributed by atoms with Crippen LogP contribution in [0.1, 0.15) is 0 Å². The fourth-order valence-corrected chi connectivity index (χ4v) is 2.12. The van der Waals surface area contributed by atoms with E-state index in [4.69, 9.17) is 5.11 Å². The Morgan fingerprint density at radius 3 is 3.00 bits per heavy atom. The van der Waals surface area contributed by atoms with Crippen LogP contribution < -0.4 is 5.32 Å². The first-order chi connectivity index (χ1) is 4.68. The molecule has 1 aliphatic heterocycles. The number of thioether (sulfide) groups is 2. The number of carbonyl (C=O) groups excluding carboxylic acids is 1. The molecule has 6 heteroatoms. The second-order valence-corrected chi connectivity index (χ2v) is 3.76. The molecule has 1 fully saturated rings. The third kappa shape index (κ3) is 2.11. The van der Waals surface area contributed by atoms with E-state index in [1.807, 2.05) is 0 Å². The summed E-state index contributed by atoms with van der Waals surface area (Å²) in [5.74, 6) is 0.538. The molecule has 1 aliphatic rings. The number of hydrogen-bond acceptors (Lipinski definition) is 4. The van der Waals surface area contributed by atoms with Crippen LogP contribution in [0.5, 0.6) is 0 Å². The zero-order chi connectivity index (χ0) is 7.56. The van der Waals surface area contributed by atoms with Crippen molar-refractivity contribution in [1.82, 2.24) is 5.32 Å². The number of carbonyl (C=O) groups is 2. The zero-order valence-corrected chi connectivity index (χ0v) is 6.50. The van der Waals surface area contributed by atoms with Crippen LogP contribution in [-0.4, -0.2) is 26.8 Å². The van der Waals surface area contributed by atoms with Crippen molar-refractivity contribution >= 4 is 34.1 Å². The van der Waals surface area contributed by atoms with Crippen molar-refractivity contribution in [1.29, 1.82) is 0 Å². The number of rotatable bonds is 1. The molecule has 0 radical (unpaired) electrons. The molecule has 1 unspecified atom stereocenters. The van der Waals surface area contributed by atoms with Gasteiger partial charge in [-0.15, -0.1) is 0 Å². The van der Waals surface area contributed by atoms with Crippen LogP contribution in [-0.2, 0) is 0 Å². The van der Waals surface area contributed by atoms with Gasteiger partial charge in [-0.05, 0) is 11.8 Å². The van der Waals surface area contributed by atoms with Crippen molar-refractivity contribution in [3.63, 3.8) is 0 Å². The van der Waals surface area contributed by atoms with Gasteiger partial charge >= 0.3 is 5.30 Å². The van der Waals surface area contributed by atoms with E-state index >= 15 is 0 Å². The van der Waals surface area contributed by atoms with Crippen molar-refractivity contribution in [3.05, 3.63) is 0 Å². The van der Waals surface area contributed by atoms with E-state index in [-0.39, 0.29) is 10.6 Å². The van der Waals surface area contributed by atoms with E-state index in [2.05, 4.69) is 5.32 Å². The maximum atomic E-state index is 10.5. The molecule has 4 nitrogen and oxygen atoms in total. The monoisotopic (exact) mass is 179 g/mol. The van der Waals surface area contributed by atoms with Gasteiger partial charge in [0.2, 0.25) is 0 Å². The minimum absolute atomic E-state index is 0.140. The van der Waals surface area contributed by atoms with Gasteiger partial charge in [0.15, 0.2) is 0 Å². The average Bonchev–Trinajstić information content (AvgIpc) is 2.13. The Hall–Kier alpha value is -0.360. The van der Waals surface area contributed by atoms with Crippen LogP contribution >= 0.6 is 23.5 Å². The molecule has 1 amide bonds. The lowest BCUT2D eigenvalue weighted by molar-refractivity contribution is 0.222. The summed E-state index contributed by atoms with van der Waals surface area (Å²) >= 11 is 1.84. The fourth-order valence-electron chi connectivity index (χ4n) is 0.551. The molecule has 0 saturated carbocycles. The fraction of sp³-hybridized carbons (Fsp3) is 0.500. The third-order valence-corrected chi connectivity index (χ3v) is 2.75. The predicted octanol–water partition coefficient (Wildman–Crippen LogP) is 1.18. The lowest BCUT2D eigenvalue weighted by atomic mass is 10.7. The second kappa shape index (κ2) is 3.16. The summed E-state index contributed by atoms with van der Waals surface area (Å²) in [4.78, 5) is 20.5. The van der Waals surface area contributed by atoms with Gasteiger partial charge in [-0.2, -0.15) is 0 Å². The molecular weight excluding hydrogens is 174 g/mol. The van der Waals surface area contributed by atoms with Gasteiger partial charge in [-0.3, -0.25) is 4.79 Å². The molecule has 0 spiro atoms. The number of hydrogen-bond donors (Lipinski definition) is 2. The topological polar surface area (TPSA) is 66.4 Å².